The Morgan fingerprint density at radius 1 is 1.25 bits per heavy atom. The lowest BCUT2D eigenvalue weighted by atomic mass is 10.1. The number of phenolic OH excluding ortho intramolecular Hbond substituents is 1. The zero-order chi connectivity index (χ0) is 14.9. The van der Waals surface area contributed by atoms with Crippen LogP contribution in [0.2, 0.25) is 10.0 Å². The van der Waals surface area contributed by atoms with Gasteiger partial charge in [0.1, 0.15) is 5.75 Å². The highest BCUT2D eigenvalue weighted by Crippen LogP contribution is 2.38. The summed E-state index contributed by atoms with van der Waals surface area (Å²) < 4.78 is 6.33. The zero-order valence-electron chi connectivity index (χ0n) is 10.7. The van der Waals surface area contributed by atoms with Gasteiger partial charge in [0.15, 0.2) is 5.75 Å². The SMILES string of the molecule is CC(C)c1nc(Oc2c(Cl)cc(O)cc2Cl)ncc1Br. The molecule has 0 bridgehead atoms. The molecule has 106 valence electrons. The molecule has 0 aliphatic heterocycles. The molecule has 1 aromatic heterocycles. The molecule has 0 amide bonds. The van der Waals surface area contributed by atoms with Crippen molar-refractivity contribution in [2.75, 3.05) is 0 Å². The number of rotatable bonds is 3. The standard InChI is InChI=1S/C13H11BrCl2N2O2/c1-6(2)11-8(14)5-17-13(18-11)20-12-9(15)3-7(19)4-10(12)16/h3-6,19H,1-2H3. The largest absolute Gasteiger partial charge is 0.508 e. The van der Waals surface area contributed by atoms with Crippen LogP contribution < -0.4 is 4.74 Å². The van der Waals surface area contributed by atoms with Gasteiger partial charge in [0.25, 0.3) is 0 Å². The van der Waals surface area contributed by atoms with Crippen molar-refractivity contribution in [3.05, 3.63) is 38.5 Å². The van der Waals surface area contributed by atoms with Gasteiger partial charge in [-0.2, -0.15) is 4.98 Å². The summed E-state index contributed by atoms with van der Waals surface area (Å²) in [5.74, 6) is 0.385. The fraction of sp³-hybridized carbons (Fsp3) is 0.231. The molecule has 0 saturated heterocycles. The Kier molecular flexibility index (Phi) is 4.73. The highest BCUT2D eigenvalue weighted by atomic mass is 79.9. The minimum Gasteiger partial charge on any atom is -0.508 e. The van der Waals surface area contributed by atoms with Gasteiger partial charge in [-0.1, -0.05) is 37.0 Å². The van der Waals surface area contributed by atoms with E-state index in [4.69, 9.17) is 27.9 Å². The number of ether oxygens (including phenoxy) is 1. The summed E-state index contributed by atoms with van der Waals surface area (Å²) in [4.78, 5) is 8.37. The van der Waals surface area contributed by atoms with E-state index in [0.717, 1.165) is 10.2 Å². The Morgan fingerprint density at radius 2 is 1.85 bits per heavy atom. The number of aromatic hydroxyl groups is 1. The Balaban J connectivity index is 2.38. The number of nitrogens with zero attached hydrogens (tertiary/aromatic N) is 2. The fourth-order valence-corrected chi connectivity index (χ4v) is 2.75. The van der Waals surface area contributed by atoms with Crippen LogP contribution in [0.25, 0.3) is 0 Å². The van der Waals surface area contributed by atoms with Crippen LogP contribution in [0.5, 0.6) is 17.5 Å². The third-order valence-corrected chi connectivity index (χ3v) is 3.64. The normalized spacial score (nSPS) is 10.9. The molecule has 20 heavy (non-hydrogen) atoms. The molecule has 0 radical (unpaired) electrons. The van der Waals surface area contributed by atoms with E-state index < -0.39 is 0 Å². The van der Waals surface area contributed by atoms with E-state index in [1.165, 1.54) is 12.1 Å². The van der Waals surface area contributed by atoms with Gasteiger partial charge >= 0.3 is 6.01 Å². The predicted octanol–water partition coefficient (Wildman–Crippen LogP) is 5.17. The fourth-order valence-electron chi connectivity index (χ4n) is 1.55. The average Bonchev–Trinajstić information content (AvgIpc) is 2.35. The van der Waals surface area contributed by atoms with E-state index in [1.807, 2.05) is 13.8 Å². The van der Waals surface area contributed by atoms with E-state index in [-0.39, 0.29) is 33.5 Å². The van der Waals surface area contributed by atoms with Crippen LogP contribution in [0.4, 0.5) is 0 Å². The van der Waals surface area contributed by atoms with Gasteiger partial charge in [-0.3, -0.25) is 0 Å². The van der Waals surface area contributed by atoms with Gasteiger partial charge in [0.05, 0.1) is 20.2 Å². The quantitative estimate of drug-likeness (QED) is 0.801. The molecule has 4 nitrogen and oxygen atoms in total. The lowest BCUT2D eigenvalue weighted by Gasteiger charge is -2.11. The Bertz CT molecular complexity index is 627. The third-order valence-electron chi connectivity index (χ3n) is 2.47. The Morgan fingerprint density at radius 3 is 2.40 bits per heavy atom. The molecule has 0 aliphatic carbocycles. The van der Waals surface area contributed by atoms with Crippen molar-refractivity contribution in [2.45, 2.75) is 19.8 Å². The lowest BCUT2D eigenvalue weighted by molar-refractivity contribution is 0.434. The molecule has 1 heterocycles. The molecular formula is C13H11BrCl2N2O2. The molecule has 2 aromatic rings. The van der Waals surface area contributed by atoms with E-state index in [9.17, 15) is 5.11 Å². The molecule has 7 heteroatoms. The maximum absolute atomic E-state index is 9.38. The highest BCUT2D eigenvalue weighted by Gasteiger charge is 2.14. The maximum Gasteiger partial charge on any atom is 0.322 e. The lowest BCUT2D eigenvalue weighted by Crippen LogP contribution is -2.00. The molecule has 2 rings (SSSR count). The molecule has 0 spiro atoms. The first-order chi connectivity index (χ1) is 9.38. The van der Waals surface area contributed by atoms with E-state index in [0.29, 0.717) is 0 Å². The average molecular weight is 378 g/mol. The summed E-state index contributed by atoms with van der Waals surface area (Å²) in [6, 6.07) is 2.82. The number of benzene rings is 1. The van der Waals surface area contributed by atoms with Crippen molar-refractivity contribution in [1.29, 1.82) is 0 Å². The monoisotopic (exact) mass is 376 g/mol. The van der Waals surface area contributed by atoms with Crippen LogP contribution in [-0.4, -0.2) is 15.1 Å². The summed E-state index contributed by atoms with van der Waals surface area (Å²) in [6.45, 7) is 4.02. The van der Waals surface area contributed by atoms with E-state index >= 15 is 0 Å². The summed E-state index contributed by atoms with van der Waals surface area (Å²) in [7, 11) is 0. The highest BCUT2D eigenvalue weighted by molar-refractivity contribution is 9.10. The van der Waals surface area contributed by atoms with Gasteiger partial charge in [-0.25, -0.2) is 4.98 Å². The molecule has 0 fully saturated rings. The molecule has 0 unspecified atom stereocenters. The summed E-state index contributed by atoms with van der Waals surface area (Å²) in [6.07, 6.45) is 1.61. The van der Waals surface area contributed by atoms with Crippen molar-refractivity contribution >= 4 is 39.1 Å². The number of halogens is 3. The number of hydrogen-bond acceptors (Lipinski definition) is 4. The van der Waals surface area contributed by atoms with Gasteiger partial charge in [-0.15, -0.1) is 0 Å². The van der Waals surface area contributed by atoms with Crippen LogP contribution in [-0.2, 0) is 0 Å². The van der Waals surface area contributed by atoms with Crippen molar-refractivity contribution < 1.29 is 9.84 Å². The van der Waals surface area contributed by atoms with Crippen LogP contribution in [0, 0.1) is 0 Å². The molecule has 1 N–H and O–H groups in total. The van der Waals surface area contributed by atoms with E-state index in [1.54, 1.807) is 6.20 Å². The Hall–Kier alpha value is -1.04. The second kappa shape index (κ2) is 6.16. The smallest absolute Gasteiger partial charge is 0.322 e. The van der Waals surface area contributed by atoms with Crippen LogP contribution >= 0.6 is 39.1 Å². The van der Waals surface area contributed by atoms with E-state index in [2.05, 4.69) is 25.9 Å². The molecular weight excluding hydrogens is 367 g/mol. The molecule has 0 saturated carbocycles. The van der Waals surface area contributed by atoms with Crippen molar-refractivity contribution in [3.8, 4) is 17.5 Å². The minimum atomic E-state index is -0.0352. The van der Waals surface area contributed by atoms with Crippen LogP contribution in [0.1, 0.15) is 25.5 Å². The zero-order valence-corrected chi connectivity index (χ0v) is 13.8. The number of phenols is 1. The molecule has 1 aromatic carbocycles. The second-order valence-electron chi connectivity index (χ2n) is 4.38. The van der Waals surface area contributed by atoms with Crippen LogP contribution in [0.3, 0.4) is 0 Å². The minimum absolute atomic E-state index is 0.0352. The Labute approximate surface area is 134 Å². The predicted molar refractivity (Wildman–Crippen MR) is 82.0 cm³/mol. The van der Waals surface area contributed by atoms with Gasteiger partial charge in [0.2, 0.25) is 0 Å². The first-order valence-electron chi connectivity index (χ1n) is 5.76. The molecule has 0 atom stereocenters. The van der Waals surface area contributed by atoms with Gasteiger partial charge in [0, 0.05) is 18.3 Å². The van der Waals surface area contributed by atoms with Gasteiger partial charge < -0.3 is 9.84 Å². The number of aromatic nitrogens is 2. The number of hydrogen-bond donors (Lipinski definition) is 1. The second-order valence-corrected chi connectivity index (χ2v) is 6.05. The van der Waals surface area contributed by atoms with Crippen molar-refractivity contribution in [1.82, 2.24) is 9.97 Å². The van der Waals surface area contributed by atoms with Crippen LogP contribution in [0.15, 0.2) is 22.8 Å². The summed E-state index contributed by atoms with van der Waals surface area (Å²) in [5, 5.41) is 9.75. The summed E-state index contributed by atoms with van der Waals surface area (Å²) in [5.41, 5.74) is 0.820. The third kappa shape index (κ3) is 3.34. The maximum atomic E-state index is 9.38. The van der Waals surface area contributed by atoms with Gasteiger partial charge in [-0.05, 0) is 21.8 Å². The summed E-state index contributed by atoms with van der Waals surface area (Å²) >= 11 is 15.4. The first kappa shape index (κ1) is 15.4. The van der Waals surface area contributed by atoms with Crippen molar-refractivity contribution in [2.24, 2.45) is 0 Å². The molecule has 0 aliphatic rings. The van der Waals surface area contributed by atoms with Crippen molar-refractivity contribution in [3.63, 3.8) is 0 Å². The first-order valence-corrected chi connectivity index (χ1v) is 7.31. The topological polar surface area (TPSA) is 55.2 Å².